The fraction of sp³-hybridized carbons (Fsp3) is 0.697. The number of carbonyl (C=O) groups is 2. The second kappa shape index (κ2) is 7.81. The summed E-state index contributed by atoms with van der Waals surface area (Å²) in [5, 5.41) is 9.90. The molecule has 3 saturated carbocycles. The van der Waals surface area contributed by atoms with E-state index in [0.717, 1.165) is 49.9 Å². The van der Waals surface area contributed by atoms with Gasteiger partial charge < -0.3 is 10.2 Å². The SMILES string of the molecule is Cc1cnc([C@@]2(N)CC[C@]3(C)CC[C@]4(C)[C@H](C(=O)C=C5[C@@]6(C)C=C(C#N)C(=O)C(C)(C)C6CC[C@]54C)[C@@H]3C2)o1. The number of hydrogen-bond donors (Lipinski definition) is 1. The Morgan fingerprint density at radius 3 is 2.38 bits per heavy atom. The van der Waals surface area contributed by atoms with Crippen LogP contribution in [0.3, 0.4) is 0 Å². The highest BCUT2D eigenvalue weighted by atomic mass is 16.4. The predicted molar refractivity (Wildman–Crippen MR) is 148 cm³/mol. The molecule has 0 radical (unpaired) electrons. The van der Waals surface area contributed by atoms with Crippen LogP contribution < -0.4 is 5.73 Å². The van der Waals surface area contributed by atoms with Crippen molar-refractivity contribution in [1.29, 1.82) is 5.26 Å². The molecule has 0 aliphatic heterocycles. The Morgan fingerprint density at radius 2 is 1.74 bits per heavy atom. The van der Waals surface area contributed by atoms with Crippen molar-refractivity contribution in [3.63, 3.8) is 0 Å². The van der Waals surface area contributed by atoms with Crippen LogP contribution in [0.2, 0.25) is 0 Å². The summed E-state index contributed by atoms with van der Waals surface area (Å²) in [7, 11) is 0. The maximum Gasteiger partial charge on any atom is 0.214 e. The third-order valence-corrected chi connectivity index (χ3v) is 12.9. The van der Waals surface area contributed by atoms with Gasteiger partial charge in [0.25, 0.3) is 0 Å². The summed E-state index contributed by atoms with van der Waals surface area (Å²) in [4.78, 5) is 32.2. The third kappa shape index (κ3) is 3.20. The van der Waals surface area contributed by atoms with Gasteiger partial charge in [0.15, 0.2) is 11.6 Å². The number of aromatic nitrogens is 1. The van der Waals surface area contributed by atoms with Crippen LogP contribution in [0.15, 0.2) is 33.9 Å². The summed E-state index contributed by atoms with van der Waals surface area (Å²) in [5.74, 6) is 1.52. The van der Waals surface area contributed by atoms with E-state index in [-0.39, 0.29) is 51.1 Å². The highest BCUT2D eigenvalue weighted by molar-refractivity contribution is 6.04. The highest BCUT2D eigenvalue weighted by Gasteiger charge is 2.69. The molecule has 6 heteroatoms. The summed E-state index contributed by atoms with van der Waals surface area (Å²) in [5.41, 5.74) is 6.16. The summed E-state index contributed by atoms with van der Waals surface area (Å²) >= 11 is 0. The van der Waals surface area contributed by atoms with Crippen molar-refractivity contribution >= 4 is 11.6 Å². The molecule has 2 N–H and O–H groups in total. The van der Waals surface area contributed by atoms with Crippen LogP contribution in [-0.2, 0) is 15.1 Å². The summed E-state index contributed by atoms with van der Waals surface area (Å²) in [6.07, 6.45) is 11.9. The third-order valence-electron chi connectivity index (χ3n) is 12.9. The Morgan fingerprint density at radius 1 is 1.05 bits per heavy atom. The summed E-state index contributed by atoms with van der Waals surface area (Å²) < 4.78 is 5.96. The number of nitriles is 1. The molecular formula is C33H43N3O3. The first kappa shape index (κ1) is 26.7. The molecule has 0 spiro atoms. The fourth-order valence-electron chi connectivity index (χ4n) is 10.4. The van der Waals surface area contributed by atoms with Gasteiger partial charge in [0.05, 0.1) is 17.3 Å². The second-order valence-corrected chi connectivity index (χ2v) is 15.2. The minimum absolute atomic E-state index is 0.0419. The van der Waals surface area contributed by atoms with E-state index >= 15 is 0 Å². The topological polar surface area (TPSA) is 110 Å². The molecule has 8 atom stereocenters. The van der Waals surface area contributed by atoms with Crippen molar-refractivity contribution < 1.29 is 14.0 Å². The number of Topliss-reactive ketones (excluding diaryl/α,β-unsaturated/α-hetero) is 1. The number of nitrogens with two attached hydrogens (primary N) is 1. The van der Waals surface area contributed by atoms with E-state index in [9.17, 15) is 14.9 Å². The largest absolute Gasteiger partial charge is 0.444 e. The minimum Gasteiger partial charge on any atom is -0.444 e. The van der Waals surface area contributed by atoms with Crippen molar-refractivity contribution in [1.82, 2.24) is 4.98 Å². The molecule has 0 aromatic carbocycles. The first-order chi connectivity index (χ1) is 18.1. The lowest BCUT2D eigenvalue weighted by molar-refractivity contribution is -0.166. The Balaban J connectivity index is 1.48. The summed E-state index contributed by atoms with van der Waals surface area (Å²) in [6, 6.07) is 2.19. The summed E-state index contributed by atoms with van der Waals surface area (Å²) in [6.45, 7) is 15.1. The van der Waals surface area contributed by atoms with Crippen LogP contribution in [0, 0.1) is 63.1 Å². The van der Waals surface area contributed by atoms with Gasteiger partial charge in [0.1, 0.15) is 11.8 Å². The van der Waals surface area contributed by atoms with Gasteiger partial charge in [-0.3, -0.25) is 9.59 Å². The van der Waals surface area contributed by atoms with E-state index in [1.54, 1.807) is 6.20 Å². The van der Waals surface area contributed by atoms with Gasteiger partial charge in [0.2, 0.25) is 5.89 Å². The molecule has 5 aliphatic carbocycles. The molecular weight excluding hydrogens is 486 g/mol. The standard InChI is InChI=1S/C33H43N3O3/c1-19-18-36-27(39-19)33(35)13-11-29(4)10-12-32(7)25(21(29)16-33)22(37)14-24-30(5)15-20(17-34)26(38)28(2,3)23(30)8-9-31(24,32)6/h14-15,18,21,23,25H,8-13,16,35H2,1-7H3/t21-,23?,25-,29-,30-,31+,32+,33+/m0/s1. The lowest BCUT2D eigenvalue weighted by Crippen LogP contribution is -2.65. The molecule has 0 amide bonds. The van der Waals surface area contributed by atoms with E-state index in [1.807, 2.05) is 32.9 Å². The van der Waals surface area contributed by atoms with E-state index < -0.39 is 16.4 Å². The molecule has 1 aromatic rings. The number of aryl methyl sites for hydroxylation is 1. The molecule has 0 bridgehead atoms. The van der Waals surface area contributed by atoms with Gasteiger partial charge in [-0.25, -0.2) is 4.98 Å². The number of allylic oxidation sites excluding steroid dienone is 4. The molecule has 208 valence electrons. The van der Waals surface area contributed by atoms with Crippen LogP contribution in [0.5, 0.6) is 0 Å². The maximum atomic E-state index is 14.5. The molecule has 39 heavy (non-hydrogen) atoms. The number of fused-ring (bicyclic) bond motifs is 7. The number of rotatable bonds is 1. The second-order valence-electron chi connectivity index (χ2n) is 15.2. The average molecular weight is 530 g/mol. The van der Waals surface area contributed by atoms with Crippen LogP contribution in [0.1, 0.15) is 98.1 Å². The first-order valence-corrected chi connectivity index (χ1v) is 14.7. The Labute approximate surface area is 232 Å². The van der Waals surface area contributed by atoms with E-state index in [4.69, 9.17) is 10.2 Å². The number of hydrogen-bond acceptors (Lipinski definition) is 6. The Hall–Kier alpha value is -2.52. The molecule has 3 fully saturated rings. The monoisotopic (exact) mass is 529 g/mol. The van der Waals surface area contributed by atoms with E-state index in [1.165, 1.54) is 0 Å². The Bertz CT molecular complexity index is 1390. The molecule has 5 aliphatic rings. The molecule has 6 rings (SSSR count). The lowest BCUT2D eigenvalue weighted by Gasteiger charge is -2.69. The van der Waals surface area contributed by atoms with E-state index in [2.05, 4.69) is 38.7 Å². The molecule has 1 heterocycles. The number of oxazole rings is 1. The van der Waals surface area contributed by atoms with E-state index in [0.29, 0.717) is 12.3 Å². The van der Waals surface area contributed by atoms with Crippen molar-refractivity contribution in [3.8, 4) is 6.07 Å². The van der Waals surface area contributed by atoms with Crippen molar-refractivity contribution in [2.24, 2.45) is 50.6 Å². The molecule has 1 aromatic heterocycles. The number of nitrogens with zero attached hydrogens (tertiary/aromatic N) is 2. The van der Waals surface area contributed by atoms with Gasteiger partial charge in [-0.2, -0.15) is 5.26 Å². The molecule has 0 saturated heterocycles. The zero-order chi connectivity index (χ0) is 28.4. The van der Waals surface area contributed by atoms with Crippen LogP contribution in [-0.4, -0.2) is 16.6 Å². The van der Waals surface area contributed by atoms with Crippen molar-refractivity contribution in [3.05, 3.63) is 41.1 Å². The first-order valence-electron chi connectivity index (χ1n) is 14.7. The molecule has 1 unspecified atom stereocenters. The lowest BCUT2D eigenvalue weighted by atomic mass is 9.34. The van der Waals surface area contributed by atoms with Gasteiger partial charge in [-0.1, -0.05) is 53.2 Å². The zero-order valence-electron chi connectivity index (χ0n) is 24.6. The van der Waals surface area contributed by atoms with Crippen molar-refractivity contribution in [2.75, 3.05) is 0 Å². The normalized spacial score (nSPS) is 46.6. The molecule has 6 nitrogen and oxygen atoms in total. The van der Waals surface area contributed by atoms with Gasteiger partial charge in [0, 0.05) is 16.7 Å². The highest BCUT2D eigenvalue weighted by Crippen LogP contribution is 2.74. The zero-order valence-corrected chi connectivity index (χ0v) is 24.6. The maximum absolute atomic E-state index is 14.5. The average Bonchev–Trinajstić information content (AvgIpc) is 3.31. The quantitative estimate of drug-likeness (QED) is 0.454. The predicted octanol–water partition coefficient (Wildman–Crippen LogP) is 6.35. The van der Waals surface area contributed by atoms with Gasteiger partial charge in [-0.05, 0) is 86.0 Å². The fourth-order valence-corrected chi connectivity index (χ4v) is 10.4. The Kier molecular flexibility index (Phi) is 5.35. The minimum atomic E-state index is -0.677. The number of ketones is 2. The van der Waals surface area contributed by atoms with Gasteiger partial charge >= 0.3 is 0 Å². The van der Waals surface area contributed by atoms with Crippen LogP contribution >= 0.6 is 0 Å². The number of carbonyl (C=O) groups excluding carboxylic acids is 2. The van der Waals surface area contributed by atoms with Crippen molar-refractivity contribution in [2.45, 2.75) is 99.0 Å². The van der Waals surface area contributed by atoms with Crippen LogP contribution in [0.4, 0.5) is 0 Å². The van der Waals surface area contributed by atoms with Gasteiger partial charge in [-0.15, -0.1) is 0 Å². The van der Waals surface area contributed by atoms with Crippen LogP contribution in [0.25, 0.3) is 0 Å². The smallest absolute Gasteiger partial charge is 0.214 e.